The number of unbranched alkanes of at least 4 members (excludes halogenated alkanes) is 8. The van der Waals surface area contributed by atoms with Crippen LogP contribution in [-0.2, 0) is 5.41 Å². The second kappa shape index (κ2) is 19.9. The van der Waals surface area contributed by atoms with Gasteiger partial charge < -0.3 is 18.9 Å². The summed E-state index contributed by atoms with van der Waals surface area (Å²) in [7, 11) is 0. The summed E-state index contributed by atoms with van der Waals surface area (Å²) in [6.07, 6.45) is 15.0. The van der Waals surface area contributed by atoms with E-state index in [0.717, 1.165) is 128 Å². The number of benzene rings is 5. The number of fused-ring (bicyclic) bond motifs is 10. The van der Waals surface area contributed by atoms with Crippen LogP contribution in [0.15, 0.2) is 115 Å². The molecular formula is C56H63NO4. The van der Waals surface area contributed by atoms with Gasteiger partial charge in [0.1, 0.15) is 0 Å². The summed E-state index contributed by atoms with van der Waals surface area (Å²) < 4.78 is 26.8. The molecule has 6 aromatic rings. The van der Waals surface area contributed by atoms with Gasteiger partial charge in [0.25, 0.3) is 0 Å². The van der Waals surface area contributed by atoms with E-state index >= 15 is 0 Å². The van der Waals surface area contributed by atoms with Crippen LogP contribution in [0.2, 0.25) is 0 Å². The first kappa shape index (κ1) is 42.2. The van der Waals surface area contributed by atoms with Gasteiger partial charge in [0, 0.05) is 11.8 Å². The Morgan fingerprint density at radius 1 is 0.377 bits per heavy atom. The molecule has 0 bridgehead atoms. The van der Waals surface area contributed by atoms with Crippen molar-refractivity contribution in [3.05, 3.63) is 138 Å². The highest BCUT2D eigenvalue weighted by atomic mass is 16.5. The van der Waals surface area contributed by atoms with Gasteiger partial charge in [-0.1, -0.05) is 140 Å². The Morgan fingerprint density at radius 3 is 1.39 bits per heavy atom. The zero-order chi connectivity index (χ0) is 42.0. The highest BCUT2D eigenvalue weighted by molar-refractivity contribution is 5.97. The molecule has 0 unspecified atom stereocenters. The highest BCUT2D eigenvalue weighted by Gasteiger charge is 2.53. The minimum Gasteiger partial charge on any atom is -0.490 e. The monoisotopic (exact) mass is 813 g/mol. The van der Waals surface area contributed by atoms with Crippen molar-refractivity contribution in [3.8, 4) is 67.6 Å². The first-order chi connectivity index (χ1) is 30.1. The third-order valence-corrected chi connectivity index (χ3v) is 12.5. The normalized spacial score (nSPS) is 12.8. The van der Waals surface area contributed by atoms with E-state index in [1.165, 1.54) is 38.9 Å². The van der Waals surface area contributed by atoms with Crippen molar-refractivity contribution in [3.63, 3.8) is 0 Å². The smallest absolute Gasteiger partial charge is 0.161 e. The summed E-state index contributed by atoms with van der Waals surface area (Å²) in [6, 6.07) is 40.1. The van der Waals surface area contributed by atoms with E-state index in [1.54, 1.807) is 0 Å². The molecule has 2 aliphatic rings. The largest absolute Gasteiger partial charge is 0.490 e. The number of hydrogen-bond acceptors (Lipinski definition) is 5. The molecule has 0 fully saturated rings. The van der Waals surface area contributed by atoms with E-state index in [1.807, 2.05) is 18.3 Å². The lowest BCUT2D eigenvalue weighted by Crippen LogP contribution is -2.26. The number of rotatable bonds is 22. The average Bonchev–Trinajstić information content (AvgIpc) is 3.75. The molecule has 1 spiro atoms. The van der Waals surface area contributed by atoms with E-state index in [-0.39, 0.29) is 0 Å². The summed E-state index contributed by atoms with van der Waals surface area (Å²) in [5.74, 6) is 3.27. The molecular weight excluding hydrogens is 751 g/mol. The topological polar surface area (TPSA) is 49.8 Å². The van der Waals surface area contributed by atoms with Crippen molar-refractivity contribution in [2.75, 3.05) is 26.4 Å². The van der Waals surface area contributed by atoms with Crippen LogP contribution in [0.3, 0.4) is 0 Å². The number of pyridine rings is 1. The molecule has 1 heterocycles. The van der Waals surface area contributed by atoms with E-state index < -0.39 is 5.41 Å². The standard InChI is InChI=1S/C56H63NO4/c1-5-9-17-30-58-52-36-45-46-37-53(59-31-18-10-6-2)55(61-33-20-12-8-4)39-50(46)56(49(45)38-54(52)60-32-19-11-7-3)47-25-14-13-24-43(47)44-35-41(27-28-48(44)56)40-22-21-23-42(34-40)51-26-15-16-29-57-51/h13-16,21-29,34-39H,5-12,17-20,30-33H2,1-4H3. The summed E-state index contributed by atoms with van der Waals surface area (Å²) >= 11 is 0. The van der Waals surface area contributed by atoms with E-state index in [4.69, 9.17) is 18.9 Å². The first-order valence-corrected chi connectivity index (χ1v) is 23.3. The zero-order valence-electron chi connectivity index (χ0n) is 36.9. The van der Waals surface area contributed by atoms with E-state index in [2.05, 4.69) is 130 Å². The van der Waals surface area contributed by atoms with Gasteiger partial charge >= 0.3 is 0 Å². The molecule has 0 saturated carbocycles. The minimum absolute atomic E-state index is 0.616. The second-order valence-corrected chi connectivity index (χ2v) is 16.8. The van der Waals surface area contributed by atoms with Crippen LogP contribution in [0.4, 0.5) is 0 Å². The van der Waals surface area contributed by atoms with Crippen LogP contribution in [0.5, 0.6) is 23.0 Å². The number of nitrogens with zero attached hydrogens (tertiary/aromatic N) is 1. The number of aromatic nitrogens is 1. The Kier molecular flexibility index (Phi) is 13.7. The minimum atomic E-state index is -0.616. The van der Waals surface area contributed by atoms with Gasteiger partial charge in [0.15, 0.2) is 23.0 Å². The van der Waals surface area contributed by atoms with Gasteiger partial charge in [-0.25, -0.2) is 0 Å². The van der Waals surface area contributed by atoms with Crippen molar-refractivity contribution < 1.29 is 18.9 Å². The van der Waals surface area contributed by atoms with Gasteiger partial charge in [0.2, 0.25) is 0 Å². The molecule has 0 N–H and O–H groups in total. The molecule has 0 amide bonds. The number of ether oxygens (including phenoxy) is 4. The fourth-order valence-corrected chi connectivity index (χ4v) is 9.35. The molecule has 0 radical (unpaired) electrons. The molecule has 0 atom stereocenters. The van der Waals surface area contributed by atoms with Gasteiger partial charge in [0.05, 0.1) is 37.5 Å². The molecule has 0 aliphatic heterocycles. The van der Waals surface area contributed by atoms with Crippen molar-refractivity contribution in [1.29, 1.82) is 0 Å². The maximum atomic E-state index is 6.74. The second-order valence-electron chi connectivity index (χ2n) is 16.8. The predicted octanol–water partition coefficient (Wildman–Crippen LogP) is 15.0. The van der Waals surface area contributed by atoms with E-state index in [9.17, 15) is 0 Å². The fourth-order valence-electron chi connectivity index (χ4n) is 9.35. The SMILES string of the molecule is CCCCCOc1cc2c(cc1OCCCCC)C1(c3ccccc3-c3cc(-c4cccc(-c5ccccn5)c4)ccc31)c1cc(OCCCCC)c(OCCCCC)cc1-2. The first-order valence-electron chi connectivity index (χ1n) is 23.3. The number of hydrogen-bond donors (Lipinski definition) is 0. The molecule has 5 nitrogen and oxygen atoms in total. The molecule has 0 saturated heterocycles. The molecule has 2 aliphatic carbocycles. The Balaban J connectivity index is 1.34. The lowest BCUT2D eigenvalue weighted by Gasteiger charge is -2.31. The summed E-state index contributed by atoms with van der Waals surface area (Å²) in [4.78, 5) is 4.65. The van der Waals surface area contributed by atoms with Crippen molar-refractivity contribution in [2.45, 2.75) is 110 Å². The average molecular weight is 814 g/mol. The maximum Gasteiger partial charge on any atom is 0.161 e. The molecule has 316 valence electrons. The Labute approximate surface area is 364 Å². The van der Waals surface area contributed by atoms with Gasteiger partial charge in [-0.05, 0) is 130 Å². The van der Waals surface area contributed by atoms with Gasteiger partial charge in [-0.15, -0.1) is 0 Å². The van der Waals surface area contributed by atoms with E-state index in [0.29, 0.717) is 26.4 Å². The van der Waals surface area contributed by atoms with Crippen LogP contribution in [0.1, 0.15) is 127 Å². The third kappa shape index (κ3) is 8.54. The van der Waals surface area contributed by atoms with Crippen molar-refractivity contribution in [1.82, 2.24) is 4.98 Å². The lowest BCUT2D eigenvalue weighted by molar-refractivity contribution is 0.259. The lowest BCUT2D eigenvalue weighted by atomic mass is 9.70. The summed E-state index contributed by atoms with van der Waals surface area (Å²) in [5.41, 5.74) is 13.6. The van der Waals surface area contributed by atoms with Gasteiger partial charge in [-0.3, -0.25) is 4.98 Å². The fraction of sp³-hybridized carbons (Fsp3) is 0.375. The summed E-state index contributed by atoms with van der Waals surface area (Å²) in [6.45, 7) is 11.5. The zero-order valence-corrected chi connectivity index (χ0v) is 36.9. The highest BCUT2D eigenvalue weighted by Crippen LogP contribution is 2.65. The van der Waals surface area contributed by atoms with Crippen molar-refractivity contribution in [2.24, 2.45) is 0 Å². The molecule has 5 heteroatoms. The van der Waals surface area contributed by atoms with Crippen LogP contribution in [0, 0.1) is 0 Å². The summed E-state index contributed by atoms with van der Waals surface area (Å²) in [5, 5.41) is 0. The molecule has 61 heavy (non-hydrogen) atoms. The predicted molar refractivity (Wildman–Crippen MR) is 251 cm³/mol. The molecule has 5 aromatic carbocycles. The maximum absolute atomic E-state index is 6.74. The van der Waals surface area contributed by atoms with Crippen molar-refractivity contribution >= 4 is 0 Å². The third-order valence-electron chi connectivity index (χ3n) is 12.5. The Hall–Kier alpha value is -5.55. The molecule has 8 rings (SSSR count). The molecule has 1 aromatic heterocycles. The Morgan fingerprint density at radius 2 is 0.852 bits per heavy atom. The Bertz CT molecular complexity index is 2320. The van der Waals surface area contributed by atoms with Crippen LogP contribution >= 0.6 is 0 Å². The van der Waals surface area contributed by atoms with Crippen LogP contribution in [-0.4, -0.2) is 31.4 Å². The van der Waals surface area contributed by atoms with Crippen LogP contribution < -0.4 is 18.9 Å². The van der Waals surface area contributed by atoms with Gasteiger partial charge in [-0.2, -0.15) is 0 Å². The van der Waals surface area contributed by atoms with Crippen LogP contribution in [0.25, 0.3) is 44.6 Å². The quantitative estimate of drug-likeness (QED) is 0.0638.